The van der Waals surface area contributed by atoms with Crippen molar-refractivity contribution in [2.45, 2.75) is 81.3 Å². The predicted octanol–water partition coefficient (Wildman–Crippen LogP) is 3.12. The van der Waals surface area contributed by atoms with Gasteiger partial charge in [0.05, 0.1) is 17.9 Å². The van der Waals surface area contributed by atoms with Crippen LogP contribution in [-0.2, 0) is 16.1 Å². The van der Waals surface area contributed by atoms with E-state index in [1.807, 2.05) is 4.68 Å². The van der Waals surface area contributed by atoms with E-state index in [1.54, 1.807) is 0 Å². The van der Waals surface area contributed by atoms with Crippen LogP contribution in [0.1, 0.15) is 58.3 Å². The highest BCUT2D eigenvalue weighted by Crippen LogP contribution is 2.61. The molecular formula is C19H28N4O2S. The molecule has 0 aromatic carbocycles. The summed E-state index contributed by atoms with van der Waals surface area (Å²) < 4.78 is 7.53. The van der Waals surface area contributed by atoms with Gasteiger partial charge in [-0.15, -0.1) is 5.10 Å². The Morgan fingerprint density at radius 2 is 1.96 bits per heavy atom. The van der Waals surface area contributed by atoms with Crippen LogP contribution in [0.4, 0.5) is 0 Å². The van der Waals surface area contributed by atoms with Crippen LogP contribution in [0.25, 0.3) is 0 Å². The fraction of sp³-hybridized carbons (Fsp3) is 0.895. The summed E-state index contributed by atoms with van der Waals surface area (Å²) in [6.45, 7) is 3.57. The number of carbonyl (C=O) groups excluding carboxylic acids is 1. The molecule has 0 radical (unpaired) electrons. The number of Topliss-reactive ketones (excluding diaryl/α,β-unsaturated/α-hetero) is 1. The number of aromatic nitrogens is 4. The molecule has 1 aromatic rings. The molecule has 0 N–H and O–H groups in total. The fourth-order valence-electron chi connectivity index (χ4n) is 6.43. The number of thioether (sulfide) groups is 1. The Hall–Kier alpha value is -0.950. The van der Waals surface area contributed by atoms with Crippen LogP contribution >= 0.6 is 11.8 Å². The van der Waals surface area contributed by atoms with Crippen molar-refractivity contribution in [3.05, 3.63) is 0 Å². The van der Waals surface area contributed by atoms with Gasteiger partial charge in [-0.3, -0.25) is 4.79 Å². The minimum Gasteiger partial charge on any atom is -0.376 e. The van der Waals surface area contributed by atoms with Crippen LogP contribution < -0.4 is 0 Å². The molecule has 6 rings (SSSR count). The number of ether oxygens (including phenoxy) is 1. The zero-order valence-corrected chi connectivity index (χ0v) is 16.3. The second-order valence-electron chi connectivity index (χ2n) is 9.10. The third kappa shape index (κ3) is 3.01. The maximum absolute atomic E-state index is 13.5. The zero-order chi connectivity index (χ0) is 17.7. The molecule has 1 aliphatic heterocycles. The van der Waals surface area contributed by atoms with Gasteiger partial charge < -0.3 is 4.74 Å². The van der Waals surface area contributed by atoms with Gasteiger partial charge in [0.1, 0.15) is 0 Å². The average molecular weight is 377 g/mol. The molecule has 2 atom stereocenters. The molecule has 0 spiro atoms. The highest BCUT2D eigenvalue weighted by atomic mass is 32.2. The summed E-state index contributed by atoms with van der Waals surface area (Å²) in [5.74, 6) is 2.85. The Bertz CT molecular complexity index is 650. The summed E-state index contributed by atoms with van der Waals surface area (Å²) in [6, 6.07) is 0. The van der Waals surface area contributed by atoms with Crippen LogP contribution in [0.3, 0.4) is 0 Å². The molecular weight excluding hydrogens is 348 g/mol. The Morgan fingerprint density at radius 3 is 2.58 bits per heavy atom. The Balaban J connectivity index is 1.28. The van der Waals surface area contributed by atoms with E-state index in [0.717, 1.165) is 61.6 Å². The van der Waals surface area contributed by atoms with Crippen LogP contribution in [-0.4, -0.2) is 44.0 Å². The highest BCUT2D eigenvalue weighted by Gasteiger charge is 2.55. The van der Waals surface area contributed by atoms with Crippen LogP contribution in [0.2, 0.25) is 0 Å². The number of rotatable bonds is 6. The van der Waals surface area contributed by atoms with Gasteiger partial charge >= 0.3 is 0 Å². The van der Waals surface area contributed by atoms with Crippen LogP contribution in [0.15, 0.2) is 5.16 Å². The van der Waals surface area contributed by atoms with E-state index in [0.29, 0.717) is 12.3 Å². The van der Waals surface area contributed by atoms with E-state index >= 15 is 0 Å². The Morgan fingerprint density at radius 1 is 1.27 bits per heavy atom. The van der Waals surface area contributed by atoms with Crippen molar-refractivity contribution < 1.29 is 9.53 Å². The molecule has 4 aliphatic carbocycles. The molecule has 0 unspecified atom stereocenters. The predicted molar refractivity (Wildman–Crippen MR) is 97.7 cm³/mol. The lowest BCUT2D eigenvalue weighted by molar-refractivity contribution is -0.142. The number of hydrogen-bond donors (Lipinski definition) is 0. The average Bonchev–Trinajstić information content (AvgIpc) is 3.26. The zero-order valence-electron chi connectivity index (χ0n) is 15.5. The van der Waals surface area contributed by atoms with Gasteiger partial charge in [0.2, 0.25) is 5.16 Å². The number of ketones is 1. The van der Waals surface area contributed by atoms with E-state index < -0.39 is 0 Å². The topological polar surface area (TPSA) is 69.9 Å². The van der Waals surface area contributed by atoms with Crippen molar-refractivity contribution in [2.24, 2.45) is 23.2 Å². The number of carbonyl (C=O) groups is 1. The fourth-order valence-corrected chi connectivity index (χ4v) is 7.42. The van der Waals surface area contributed by atoms with Gasteiger partial charge in [-0.25, -0.2) is 4.68 Å². The minimum atomic E-state index is -0.0829. The second kappa shape index (κ2) is 6.59. The standard InChI is InChI=1S/C19H28N4O2S/c1-12(26-18-20-21-22-23(18)11-16-3-2-4-25-16)17(24)19-8-13-5-14(9-19)7-15(6-13)10-19/h12-16H,2-11H2,1H3/t12-,13?,14?,15?,16-,19?/m0/s1. The molecule has 142 valence electrons. The molecule has 0 amide bonds. The van der Waals surface area contributed by atoms with Gasteiger partial charge in [0, 0.05) is 12.0 Å². The van der Waals surface area contributed by atoms with Crippen molar-refractivity contribution in [3.8, 4) is 0 Å². The van der Waals surface area contributed by atoms with Crippen molar-refractivity contribution in [3.63, 3.8) is 0 Å². The lowest BCUT2D eigenvalue weighted by Gasteiger charge is -2.56. The lowest BCUT2D eigenvalue weighted by Crippen LogP contribution is -2.51. The molecule has 7 heteroatoms. The normalized spacial score (nSPS) is 39.4. The summed E-state index contributed by atoms with van der Waals surface area (Å²) in [7, 11) is 0. The molecule has 1 saturated heterocycles. The van der Waals surface area contributed by atoms with Gasteiger partial charge in [0.25, 0.3) is 0 Å². The molecule has 5 fully saturated rings. The summed E-state index contributed by atoms with van der Waals surface area (Å²) in [4.78, 5) is 13.5. The van der Waals surface area contributed by atoms with E-state index in [9.17, 15) is 4.79 Å². The first-order valence-corrected chi connectivity index (χ1v) is 11.1. The van der Waals surface area contributed by atoms with E-state index in [4.69, 9.17) is 4.74 Å². The third-order valence-corrected chi connectivity index (χ3v) is 8.18. The quantitative estimate of drug-likeness (QED) is 0.711. The monoisotopic (exact) mass is 376 g/mol. The van der Waals surface area contributed by atoms with Gasteiger partial charge in [-0.05, 0) is 86.5 Å². The molecule has 5 aliphatic rings. The molecule has 2 heterocycles. The van der Waals surface area contributed by atoms with Crippen molar-refractivity contribution >= 4 is 17.5 Å². The van der Waals surface area contributed by atoms with Crippen LogP contribution in [0, 0.1) is 23.2 Å². The summed E-state index contributed by atoms with van der Waals surface area (Å²) in [5, 5.41) is 12.8. The smallest absolute Gasteiger partial charge is 0.210 e. The molecule has 4 bridgehead atoms. The number of tetrazole rings is 1. The van der Waals surface area contributed by atoms with Gasteiger partial charge in [0.15, 0.2) is 5.78 Å². The molecule has 4 saturated carbocycles. The first-order chi connectivity index (χ1) is 12.6. The third-order valence-electron chi connectivity index (χ3n) is 7.11. The van der Waals surface area contributed by atoms with Crippen molar-refractivity contribution in [1.82, 2.24) is 20.2 Å². The maximum Gasteiger partial charge on any atom is 0.210 e. The lowest BCUT2D eigenvalue weighted by atomic mass is 9.48. The minimum absolute atomic E-state index is 0.0476. The summed E-state index contributed by atoms with van der Waals surface area (Å²) >= 11 is 1.54. The highest BCUT2D eigenvalue weighted by molar-refractivity contribution is 8.00. The Labute approximate surface area is 158 Å². The maximum atomic E-state index is 13.5. The van der Waals surface area contributed by atoms with Gasteiger partial charge in [-0.1, -0.05) is 11.8 Å². The molecule has 1 aromatic heterocycles. The number of hydrogen-bond acceptors (Lipinski definition) is 6. The van der Waals surface area contributed by atoms with E-state index in [1.165, 1.54) is 31.0 Å². The summed E-state index contributed by atoms with van der Waals surface area (Å²) in [6.07, 6.45) is 9.86. The Kier molecular flexibility index (Phi) is 4.35. The number of nitrogens with zero attached hydrogens (tertiary/aromatic N) is 4. The van der Waals surface area contributed by atoms with E-state index in [2.05, 4.69) is 22.4 Å². The first kappa shape index (κ1) is 17.2. The molecule has 26 heavy (non-hydrogen) atoms. The SMILES string of the molecule is C[C@H](Sc1nnnn1C[C@@H]1CCCO1)C(=O)C12CC3CC(CC(C3)C1)C2. The van der Waals surface area contributed by atoms with Crippen LogP contribution in [0.5, 0.6) is 0 Å². The molecule has 6 nitrogen and oxygen atoms in total. The van der Waals surface area contributed by atoms with Crippen molar-refractivity contribution in [1.29, 1.82) is 0 Å². The summed E-state index contributed by atoms with van der Waals surface area (Å²) in [5.41, 5.74) is -0.0476. The van der Waals surface area contributed by atoms with E-state index in [-0.39, 0.29) is 16.8 Å². The second-order valence-corrected chi connectivity index (χ2v) is 10.4. The van der Waals surface area contributed by atoms with Gasteiger partial charge in [-0.2, -0.15) is 0 Å². The van der Waals surface area contributed by atoms with Crippen molar-refractivity contribution in [2.75, 3.05) is 6.61 Å². The first-order valence-electron chi connectivity index (χ1n) is 10.2. The largest absolute Gasteiger partial charge is 0.376 e.